The Morgan fingerprint density at radius 3 is 2.67 bits per heavy atom. The lowest BCUT2D eigenvalue weighted by Crippen LogP contribution is -2.20. The van der Waals surface area contributed by atoms with Gasteiger partial charge in [-0.1, -0.05) is 0 Å². The van der Waals surface area contributed by atoms with E-state index in [1.54, 1.807) is 0 Å². The zero-order valence-corrected chi connectivity index (χ0v) is 12.9. The second-order valence-electron chi connectivity index (χ2n) is 5.74. The van der Waals surface area contributed by atoms with E-state index >= 15 is 0 Å². The molecule has 0 fully saturated rings. The molecule has 1 aromatic rings. The maximum absolute atomic E-state index is 5.98. The molecule has 0 atom stereocenters. The van der Waals surface area contributed by atoms with Crippen LogP contribution in [-0.2, 0) is 11.3 Å². The van der Waals surface area contributed by atoms with Crippen molar-refractivity contribution in [1.82, 2.24) is 0 Å². The summed E-state index contributed by atoms with van der Waals surface area (Å²) >= 11 is 0. The van der Waals surface area contributed by atoms with E-state index in [9.17, 15) is 0 Å². The van der Waals surface area contributed by atoms with E-state index in [1.165, 1.54) is 5.57 Å². The number of fused-ring (bicyclic) bond motifs is 2. The molecule has 2 N–H and O–H groups in total. The maximum Gasteiger partial charge on any atom is 0.206 e. The molecule has 108 valence electrons. The number of ether oxygens (including phenoxy) is 1. The van der Waals surface area contributed by atoms with Gasteiger partial charge in [0.2, 0.25) is 5.71 Å². The van der Waals surface area contributed by atoms with Crippen LogP contribution >= 0.6 is 0 Å². The van der Waals surface area contributed by atoms with Gasteiger partial charge in [-0.3, -0.25) is 0 Å². The van der Waals surface area contributed by atoms with Gasteiger partial charge in [0.1, 0.15) is 26.4 Å². The minimum Gasteiger partial charge on any atom is -0.486 e. The smallest absolute Gasteiger partial charge is 0.206 e. The number of hydrogen-bond acceptors (Lipinski definition) is 3. The summed E-state index contributed by atoms with van der Waals surface area (Å²) in [5, 5.41) is 0. The van der Waals surface area contributed by atoms with Gasteiger partial charge >= 0.3 is 0 Å². The quantitative estimate of drug-likeness (QED) is 0.452. The lowest BCUT2D eigenvalue weighted by atomic mass is 10.0. The molecule has 0 amide bonds. The Bertz CT molecular complexity index is 748. The SMILES string of the molecule is CC1=CC2=Nc3cc(C)c(N)cc3COC2=CC1=[N+](C)C. The minimum absolute atomic E-state index is 0.492. The largest absolute Gasteiger partial charge is 0.486 e. The van der Waals surface area contributed by atoms with Crippen LogP contribution in [-0.4, -0.2) is 30.1 Å². The first-order chi connectivity index (χ1) is 9.95. The summed E-state index contributed by atoms with van der Waals surface area (Å²) in [6.07, 6.45) is 4.13. The lowest BCUT2D eigenvalue weighted by molar-refractivity contribution is -0.463. The molecular formula is C17H20N3O+. The zero-order valence-electron chi connectivity index (χ0n) is 12.9. The lowest BCUT2D eigenvalue weighted by Gasteiger charge is -2.13. The van der Waals surface area contributed by atoms with E-state index in [-0.39, 0.29) is 0 Å². The molecule has 0 bridgehead atoms. The molecule has 4 nitrogen and oxygen atoms in total. The van der Waals surface area contributed by atoms with E-state index in [0.29, 0.717) is 6.61 Å². The first kappa shape index (κ1) is 13.6. The highest BCUT2D eigenvalue weighted by Gasteiger charge is 2.23. The highest BCUT2D eigenvalue weighted by Crippen LogP contribution is 2.31. The van der Waals surface area contributed by atoms with Gasteiger partial charge < -0.3 is 10.5 Å². The van der Waals surface area contributed by atoms with Crippen LogP contribution < -0.4 is 5.73 Å². The van der Waals surface area contributed by atoms with Crippen molar-refractivity contribution in [3.8, 4) is 0 Å². The molecule has 0 radical (unpaired) electrons. The fourth-order valence-corrected chi connectivity index (χ4v) is 2.61. The van der Waals surface area contributed by atoms with Crippen molar-refractivity contribution >= 4 is 22.8 Å². The second kappa shape index (κ2) is 4.88. The number of hydrogen-bond donors (Lipinski definition) is 1. The fourth-order valence-electron chi connectivity index (χ4n) is 2.61. The highest BCUT2D eigenvalue weighted by molar-refractivity contribution is 6.21. The van der Waals surface area contributed by atoms with Crippen molar-refractivity contribution < 1.29 is 9.31 Å². The van der Waals surface area contributed by atoms with Crippen LogP contribution in [0.4, 0.5) is 11.4 Å². The zero-order chi connectivity index (χ0) is 15.1. The number of allylic oxidation sites excluding steroid dienone is 3. The van der Waals surface area contributed by atoms with Crippen molar-refractivity contribution in [3.63, 3.8) is 0 Å². The van der Waals surface area contributed by atoms with E-state index in [2.05, 4.69) is 23.7 Å². The molecule has 0 aromatic heterocycles. The standard InChI is InChI=1S/C17H19N3O/c1-10-5-14-12(7-13(10)18)9-21-17-8-16(20(3)4)11(2)6-15(17)19-14/h5-8,18H,9H2,1-4H3/p+1. The number of nitrogens with zero attached hydrogens (tertiary/aromatic N) is 2. The highest BCUT2D eigenvalue weighted by atomic mass is 16.5. The average molecular weight is 282 g/mol. The molecule has 0 saturated carbocycles. The molecule has 0 saturated heterocycles. The molecule has 0 spiro atoms. The number of aliphatic imine (C=N–C) groups is 1. The third kappa shape index (κ3) is 2.37. The molecule has 1 heterocycles. The Kier molecular flexibility index (Phi) is 3.16. The summed E-state index contributed by atoms with van der Waals surface area (Å²) in [5.74, 6) is 0.816. The van der Waals surface area contributed by atoms with Crippen LogP contribution in [0.1, 0.15) is 18.1 Å². The summed E-state index contributed by atoms with van der Waals surface area (Å²) in [7, 11) is 4.06. The molecule has 4 heteroatoms. The number of aryl methyl sites for hydroxylation is 1. The summed E-state index contributed by atoms with van der Waals surface area (Å²) in [5.41, 5.74) is 13.0. The van der Waals surface area contributed by atoms with Gasteiger partial charge in [-0.2, -0.15) is 0 Å². The minimum atomic E-state index is 0.492. The molecular weight excluding hydrogens is 262 g/mol. The number of rotatable bonds is 0. The van der Waals surface area contributed by atoms with Gasteiger partial charge in [0.15, 0.2) is 5.76 Å². The molecule has 1 aromatic carbocycles. The monoisotopic (exact) mass is 282 g/mol. The predicted molar refractivity (Wildman–Crippen MR) is 86.4 cm³/mol. The fraction of sp³-hybridized carbons (Fsp3) is 0.294. The van der Waals surface area contributed by atoms with E-state index in [4.69, 9.17) is 15.5 Å². The van der Waals surface area contributed by atoms with Crippen LogP contribution in [0.15, 0.2) is 40.6 Å². The Morgan fingerprint density at radius 2 is 1.95 bits per heavy atom. The summed E-state index contributed by atoms with van der Waals surface area (Å²) < 4.78 is 8.02. The molecule has 21 heavy (non-hydrogen) atoms. The van der Waals surface area contributed by atoms with Crippen LogP contribution in [0.2, 0.25) is 0 Å². The molecule has 0 unspecified atom stereocenters. The van der Waals surface area contributed by atoms with Crippen LogP contribution in [0, 0.1) is 6.92 Å². The van der Waals surface area contributed by atoms with Crippen molar-refractivity contribution in [2.45, 2.75) is 20.5 Å². The summed E-state index contributed by atoms with van der Waals surface area (Å²) in [4.78, 5) is 4.77. The van der Waals surface area contributed by atoms with Gasteiger partial charge in [-0.25, -0.2) is 9.57 Å². The first-order valence-electron chi connectivity index (χ1n) is 7.01. The van der Waals surface area contributed by atoms with Gasteiger partial charge in [-0.15, -0.1) is 0 Å². The number of nitrogen functional groups attached to an aromatic ring is 1. The third-order valence-electron chi connectivity index (χ3n) is 3.85. The van der Waals surface area contributed by atoms with E-state index < -0.39 is 0 Å². The van der Waals surface area contributed by atoms with Crippen molar-refractivity contribution in [3.05, 3.63) is 46.7 Å². The van der Waals surface area contributed by atoms with Gasteiger partial charge in [0.05, 0.1) is 11.8 Å². The molecule has 2 aliphatic rings. The predicted octanol–water partition coefficient (Wildman–Crippen LogP) is 2.74. The van der Waals surface area contributed by atoms with Crippen molar-refractivity contribution in [2.24, 2.45) is 4.99 Å². The maximum atomic E-state index is 5.98. The Labute approximate surface area is 125 Å². The normalized spacial score (nSPS) is 16.8. The van der Waals surface area contributed by atoms with Crippen LogP contribution in [0.3, 0.4) is 0 Å². The number of nitrogens with two attached hydrogens (primary N) is 1. The molecule has 1 aliphatic carbocycles. The Hall–Kier alpha value is -2.36. The van der Waals surface area contributed by atoms with Crippen LogP contribution in [0.5, 0.6) is 0 Å². The second-order valence-corrected chi connectivity index (χ2v) is 5.74. The van der Waals surface area contributed by atoms with Gasteiger partial charge in [0.25, 0.3) is 0 Å². The van der Waals surface area contributed by atoms with Gasteiger partial charge in [-0.05, 0) is 37.6 Å². The van der Waals surface area contributed by atoms with Crippen molar-refractivity contribution in [1.29, 1.82) is 0 Å². The Morgan fingerprint density at radius 1 is 1.19 bits per heavy atom. The van der Waals surface area contributed by atoms with E-state index in [0.717, 1.165) is 39.7 Å². The average Bonchev–Trinajstić information content (AvgIpc) is 2.57. The van der Waals surface area contributed by atoms with Gasteiger partial charge in [0, 0.05) is 16.8 Å². The van der Waals surface area contributed by atoms with Crippen molar-refractivity contribution in [2.75, 3.05) is 19.8 Å². The Balaban J connectivity index is 2.14. The first-order valence-corrected chi connectivity index (χ1v) is 7.01. The summed E-state index contributed by atoms with van der Waals surface area (Å²) in [6.45, 7) is 4.58. The molecule has 1 aliphatic heterocycles. The molecule has 3 rings (SSSR count). The van der Waals surface area contributed by atoms with E-state index in [1.807, 2.05) is 33.2 Å². The number of benzene rings is 1. The van der Waals surface area contributed by atoms with Crippen LogP contribution in [0.25, 0.3) is 0 Å². The third-order valence-corrected chi connectivity index (χ3v) is 3.85. The topological polar surface area (TPSA) is 50.6 Å². The summed E-state index contributed by atoms with van der Waals surface area (Å²) in [6, 6.07) is 3.98. The number of anilines is 1.